The fourth-order valence-corrected chi connectivity index (χ4v) is 6.05. The van der Waals surface area contributed by atoms with Gasteiger partial charge in [-0.05, 0) is 64.8 Å². The van der Waals surface area contributed by atoms with E-state index in [9.17, 15) is 31.2 Å². The molecular weight excluding hydrogens is 619 g/mol. The number of hydrogen-bond acceptors (Lipinski definition) is 9. The van der Waals surface area contributed by atoms with E-state index in [2.05, 4.69) is 25.4 Å². The van der Waals surface area contributed by atoms with Crippen molar-refractivity contribution in [3.63, 3.8) is 0 Å². The molecule has 1 heterocycles. The van der Waals surface area contributed by atoms with E-state index in [1.54, 1.807) is 19.1 Å². The quantitative estimate of drug-likeness (QED) is 0.285. The van der Waals surface area contributed by atoms with Crippen LogP contribution in [0.5, 0.6) is 11.5 Å². The summed E-state index contributed by atoms with van der Waals surface area (Å²) in [6, 6.07) is 9.84. The summed E-state index contributed by atoms with van der Waals surface area (Å²) in [5, 5.41) is 0. The summed E-state index contributed by atoms with van der Waals surface area (Å²) < 4.78 is 84.3. The summed E-state index contributed by atoms with van der Waals surface area (Å²) in [6.45, 7) is 1.32. The number of hydrogen-bond donors (Lipinski definition) is 1. The largest absolute Gasteiger partial charge is 0.573 e. The average Bonchev–Trinajstić information content (AvgIpc) is 3.17. The van der Waals surface area contributed by atoms with Gasteiger partial charge in [0.15, 0.2) is 17.2 Å². The Morgan fingerprint density at radius 2 is 1.79 bits per heavy atom. The van der Waals surface area contributed by atoms with Gasteiger partial charge in [-0.3, -0.25) is 4.72 Å². The number of rotatable bonds is 10. The molecule has 1 N–H and O–H groups in total. The van der Waals surface area contributed by atoms with Crippen LogP contribution in [0.1, 0.15) is 16.6 Å². The van der Waals surface area contributed by atoms with E-state index < -0.39 is 40.7 Å². The molecule has 3 rings (SSSR count). The number of benzene rings is 2. The van der Waals surface area contributed by atoms with Crippen LogP contribution in [-0.2, 0) is 24.3 Å². The maximum absolute atomic E-state index is 12.8. The standard InChI is InChI=1S/C23H19BrF3NO8S2/c1-3-34-17(29)12-35-19-18(24)20(37-21(19)22(30)33-2)13-5-4-6-14(11-13)28-38(31,32)16-9-7-15(8-10-16)36-23(25,26)27/h4-11,28H,3,12H2,1-2H3. The van der Waals surface area contributed by atoms with Crippen molar-refractivity contribution >= 4 is 54.9 Å². The van der Waals surface area contributed by atoms with E-state index in [-0.39, 0.29) is 27.8 Å². The van der Waals surface area contributed by atoms with Crippen LogP contribution in [0, 0.1) is 0 Å². The zero-order valence-electron chi connectivity index (χ0n) is 19.6. The smallest absolute Gasteiger partial charge is 0.479 e. The first-order valence-electron chi connectivity index (χ1n) is 10.5. The van der Waals surface area contributed by atoms with Gasteiger partial charge in [-0.2, -0.15) is 0 Å². The molecule has 204 valence electrons. The number of nitrogens with one attached hydrogen (secondary N) is 1. The molecule has 0 spiro atoms. The highest BCUT2D eigenvalue weighted by atomic mass is 79.9. The molecule has 0 amide bonds. The van der Waals surface area contributed by atoms with E-state index in [0.29, 0.717) is 14.9 Å². The highest BCUT2D eigenvalue weighted by molar-refractivity contribution is 9.10. The molecule has 0 aliphatic heterocycles. The van der Waals surface area contributed by atoms with E-state index in [4.69, 9.17) is 14.2 Å². The number of anilines is 1. The van der Waals surface area contributed by atoms with Gasteiger partial charge in [0.05, 0.1) is 28.0 Å². The summed E-state index contributed by atoms with van der Waals surface area (Å²) in [4.78, 5) is 24.3. The summed E-state index contributed by atoms with van der Waals surface area (Å²) in [5.74, 6) is -1.87. The van der Waals surface area contributed by atoms with Crippen LogP contribution in [0.3, 0.4) is 0 Å². The molecule has 0 unspecified atom stereocenters. The number of sulfonamides is 1. The summed E-state index contributed by atoms with van der Waals surface area (Å²) in [7, 11) is -2.99. The predicted octanol–water partition coefficient (Wildman–Crippen LogP) is 5.61. The number of ether oxygens (including phenoxy) is 4. The number of methoxy groups -OCH3 is 1. The maximum atomic E-state index is 12.8. The lowest BCUT2D eigenvalue weighted by atomic mass is 10.1. The van der Waals surface area contributed by atoms with Crippen molar-refractivity contribution in [3.8, 4) is 21.9 Å². The van der Waals surface area contributed by atoms with Crippen molar-refractivity contribution in [2.75, 3.05) is 25.0 Å². The first-order chi connectivity index (χ1) is 17.8. The van der Waals surface area contributed by atoms with Gasteiger partial charge in [0.1, 0.15) is 5.75 Å². The van der Waals surface area contributed by atoms with Crippen LogP contribution in [0.2, 0.25) is 0 Å². The second kappa shape index (κ2) is 12.0. The molecule has 0 saturated heterocycles. The van der Waals surface area contributed by atoms with Crippen LogP contribution in [0.15, 0.2) is 57.9 Å². The molecule has 3 aromatic rings. The molecule has 15 heteroatoms. The zero-order valence-corrected chi connectivity index (χ0v) is 22.8. The molecular formula is C23H19BrF3NO8S2. The lowest BCUT2D eigenvalue weighted by molar-refractivity contribution is -0.274. The van der Waals surface area contributed by atoms with Crippen LogP contribution in [0.25, 0.3) is 10.4 Å². The Morgan fingerprint density at radius 1 is 1.11 bits per heavy atom. The number of carbonyl (C=O) groups excluding carboxylic acids is 2. The molecule has 0 bridgehead atoms. The normalized spacial score (nSPS) is 11.5. The van der Waals surface area contributed by atoms with Crippen molar-refractivity contribution in [3.05, 3.63) is 57.9 Å². The fraction of sp³-hybridized carbons (Fsp3) is 0.217. The Labute approximate surface area is 227 Å². The molecule has 0 aliphatic carbocycles. The van der Waals surface area contributed by atoms with Crippen molar-refractivity contribution in [2.24, 2.45) is 0 Å². The minimum Gasteiger partial charge on any atom is -0.479 e. The van der Waals surface area contributed by atoms with Gasteiger partial charge < -0.3 is 18.9 Å². The molecule has 9 nitrogen and oxygen atoms in total. The van der Waals surface area contributed by atoms with Crippen molar-refractivity contribution < 1.29 is 50.1 Å². The van der Waals surface area contributed by atoms with Crippen molar-refractivity contribution in [1.29, 1.82) is 0 Å². The average molecular weight is 638 g/mol. The Bertz CT molecular complexity index is 1420. The van der Waals surface area contributed by atoms with Gasteiger partial charge in [0, 0.05) is 5.69 Å². The Balaban J connectivity index is 1.88. The van der Waals surface area contributed by atoms with Crippen molar-refractivity contribution in [1.82, 2.24) is 0 Å². The molecule has 0 saturated carbocycles. The summed E-state index contributed by atoms with van der Waals surface area (Å²) in [5.41, 5.74) is 0.610. The topological polar surface area (TPSA) is 117 Å². The molecule has 1 aromatic heterocycles. The van der Waals surface area contributed by atoms with E-state index in [1.165, 1.54) is 19.2 Å². The predicted molar refractivity (Wildman–Crippen MR) is 135 cm³/mol. The van der Waals surface area contributed by atoms with Gasteiger partial charge in [0.2, 0.25) is 0 Å². The van der Waals surface area contributed by atoms with Crippen LogP contribution in [0.4, 0.5) is 18.9 Å². The first-order valence-corrected chi connectivity index (χ1v) is 13.6. The molecule has 38 heavy (non-hydrogen) atoms. The van der Waals surface area contributed by atoms with Gasteiger partial charge >= 0.3 is 18.3 Å². The minimum absolute atomic E-state index is 0.0528. The van der Waals surface area contributed by atoms with E-state index in [0.717, 1.165) is 35.6 Å². The molecule has 0 fully saturated rings. The van der Waals surface area contributed by atoms with Crippen LogP contribution < -0.4 is 14.2 Å². The SMILES string of the molecule is CCOC(=O)COc1c(C(=O)OC)sc(-c2cccc(NS(=O)(=O)c3ccc(OC(F)(F)F)cc3)c2)c1Br. The lowest BCUT2D eigenvalue weighted by Gasteiger charge is -2.11. The lowest BCUT2D eigenvalue weighted by Crippen LogP contribution is -2.17. The van der Waals surface area contributed by atoms with Crippen LogP contribution >= 0.6 is 27.3 Å². The number of halogens is 4. The Hall–Kier alpha value is -3.30. The van der Waals surface area contributed by atoms with E-state index in [1.807, 2.05) is 0 Å². The zero-order chi connectivity index (χ0) is 28.1. The number of esters is 2. The summed E-state index contributed by atoms with van der Waals surface area (Å²) >= 11 is 4.36. The van der Waals surface area contributed by atoms with E-state index >= 15 is 0 Å². The molecule has 0 atom stereocenters. The van der Waals surface area contributed by atoms with Gasteiger partial charge in [-0.25, -0.2) is 18.0 Å². The number of alkyl halides is 3. The number of thiophene rings is 1. The highest BCUT2D eigenvalue weighted by Gasteiger charge is 2.31. The Kier molecular flexibility index (Phi) is 9.27. The molecule has 2 aromatic carbocycles. The monoisotopic (exact) mass is 637 g/mol. The Morgan fingerprint density at radius 3 is 2.39 bits per heavy atom. The van der Waals surface area contributed by atoms with Gasteiger partial charge in [-0.1, -0.05) is 12.1 Å². The maximum Gasteiger partial charge on any atom is 0.573 e. The second-order valence-electron chi connectivity index (χ2n) is 7.19. The van der Waals surface area contributed by atoms with Crippen LogP contribution in [-0.4, -0.2) is 47.0 Å². The summed E-state index contributed by atoms with van der Waals surface area (Å²) in [6.07, 6.45) is -4.91. The molecule has 0 radical (unpaired) electrons. The fourth-order valence-electron chi connectivity index (χ4n) is 3.03. The first kappa shape index (κ1) is 29.3. The third-order valence-electron chi connectivity index (χ3n) is 4.56. The highest BCUT2D eigenvalue weighted by Crippen LogP contribution is 2.46. The third kappa shape index (κ3) is 7.39. The number of carbonyl (C=O) groups is 2. The second-order valence-corrected chi connectivity index (χ2v) is 10.7. The molecule has 0 aliphatic rings. The van der Waals surface area contributed by atoms with Crippen molar-refractivity contribution in [2.45, 2.75) is 18.2 Å². The van der Waals surface area contributed by atoms with Gasteiger partial charge in [0.25, 0.3) is 10.0 Å². The minimum atomic E-state index is -4.91. The third-order valence-corrected chi connectivity index (χ3v) is 8.18. The van der Waals surface area contributed by atoms with Gasteiger partial charge in [-0.15, -0.1) is 24.5 Å².